The fourth-order valence-corrected chi connectivity index (χ4v) is 2.95. The number of thioether (sulfide) groups is 1. The molecule has 0 radical (unpaired) electrons. The number of hydrogen-bond donors (Lipinski definition) is 0. The molecule has 1 aromatic rings. The van der Waals surface area contributed by atoms with Gasteiger partial charge in [0.05, 0.1) is 0 Å². The third kappa shape index (κ3) is 2.74. The number of nitrogens with zero attached hydrogens (tertiary/aromatic N) is 1. The Hall–Kier alpha value is -1.64. The maximum absolute atomic E-state index is 13.6. The molecule has 21 heavy (non-hydrogen) atoms. The predicted molar refractivity (Wildman–Crippen MR) is 65.3 cm³/mol. The highest BCUT2D eigenvalue weighted by Crippen LogP contribution is 2.35. The molecular weight excluding hydrogens is 317 g/mol. The number of hydrogen-bond acceptors (Lipinski definition) is 3. The molecule has 1 aliphatic rings. The van der Waals surface area contributed by atoms with E-state index < -0.39 is 45.9 Å². The van der Waals surface area contributed by atoms with Crippen LogP contribution in [0, 0.1) is 29.1 Å². The van der Waals surface area contributed by atoms with E-state index in [0.29, 0.717) is 4.90 Å². The van der Waals surface area contributed by atoms with Gasteiger partial charge in [-0.15, -0.1) is 0 Å². The molecule has 1 unspecified atom stereocenters. The van der Waals surface area contributed by atoms with Crippen molar-refractivity contribution >= 4 is 28.5 Å². The van der Waals surface area contributed by atoms with Gasteiger partial charge in [-0.2, -0.15) is 0 Å². The molecule has 0 aliphatic carbocycles. The topological polar surface area (TPSA) is 37.4 Å². The van der Waals surface area contributed by atoms with Crippen LogP contribution in [0.4, 0.5) is 27.6 Å². The molecule has 3 nitrogen and oxygen atoms in total. The molecule has 0 bridgehead atoms. The zero-order valence-electron chi connectivity index (χ0n) is 10.6. The van der Waals surface area contributed by atoms with Crippen molar-refractivity contribution in [2.75, 3.05) is 11.4 Å². The molecule has 1 heterocycles. The summed E-state index contributed by atoms with van der Waals surface area (Å²) in [6.07, 6.45) is -0.219. The van der Waals surface area contributed by atoms with Crippen molar-refractivity contribution in [1.29, 1.82) is 0 Å². The van der Waals surface area contributed by atoms with Gasteiger partial charge in [-0.25, -0.2) is 22.0 Å². The summed E-state index contributed by atoms with van der Waals surface area (Å²) in [4.78, 5) is 23.1. The van der Waals surface area contributed by atoms with E-state index in [4.69, 9.17) is 0 Å². The van der Waals surface area contributed by atoms with Gasteiger partial charge in [0.25, 0.3) is 0 Å². The molecular formula is C12H8F5NO2S. The Morgan fingerprint density at radius 1 is 1.05 bits per heavy atom. The minimum Gasteiger partial charge on any atom is -0.306 e. The van der Waals surface area contributed by atoms with Crippen LogP contribution in [0.5, 0.6) is 0 Å². The van der Waals surface area contributed by atoms with Gasteiger partial charge >= 0.3 is 0 Å². The lowest BCUT2D eigenvalue weighted by atomic mass is 10.2. The second-order valence-corrected chi connectivity index (χ2v) is 5.84. The summed E-state index contributed by atoms with van der Waals surface area (Å²) in [6, 6.07) is 0. The van der Waals surface area contributed by atoms with E-state index in [1.54, 1.807) is 0 Å². The normalized spacial score (nSPS) is 18.5. The van der Waals surface area contributed by atoms with E-state index in [1.807, 2.05) is 0 Å². The van der Waals surface area contributed by atoms with E-state index in [-0.39, 0.29) is 18.1 Å². The van der Waals surface area contributed by atoms with Crippen LogP contribution in [-0.4, -0.2) is 22.8 Å². The summed E-state index contributed by atoms with van der Waals surface area (Å²) in [7, 11) is 0. The molecule has 1 saturated heterocycles. The molecule has 1 atom stereocenters. The summed E-state index contributed by atoms with van der Waals surface area (Å²) in [5.74, 6) is -11.4. The third-order valence-electron chi connectivity index (χ3n) is 2.88. The van der Waals surface area contributed by atoms with Crippen LogP contribution in [0.3, 0.4) is 0 Å². The van der Waals surface area contributed by atoms with Gasteiger partial charge in [-0.3, -0.25) is 9.59 Å². The second-order valence-electron chi connectivity index (χ2n) is 4.36. The van der Waals surface area contributed by atoms with Gasteiger partial charge in [0.1, 0.15) is 5.69 Å². The van der Waals surface area contributed by atoms with E-state index >= 15 is 0 Å². The molecule has 0 N–H and O–H groups in total. The molecule has 114 valence electrons. The van der Waals surface area contributed by atoms with Crippen molar-refractivity contribution in [3.8, 4) is 0 Å². The summed E-state index contributed by atoms with van der Waals surface area (Å²) < 4.78 is 66.5. The zero-order valence-corrected chi connectivity index (χ0v) is 11.4. The van der Waals surface area contributed by atoms with Crippen LogP contribution < -0.4 is 4.90 Å². The monoisotopic (exact) mass is 325 g/mol. The first-order chi connectivity index (χ1) is 9.73. The van der Waals surface area contributed by atoms with Crippen LogP contribution in [0.15, 0.2) is 0 Å². The maximum Gasteiger partial charge on any atom is 0.228 e. The van der Waals surface area contributed by atoms with Gasteiger partial charge in [0.2, 0.25) is 11.7 Å². The fourth-order valence-electron chi connectivity index (χ4n) is 2.03. The van der Waals surface area contributed by atoms with Gasteiger partial charge < -0.3 is 4.90 Å². The molecule has 2 rings (SSSR count). The Morgan fingerprint density at radius 2 is 1.52 bits per heavy atom. The number of benzene rings is 1. The number of anilines is 1. The smallest absolute Gasteiger partial charge is 0.228 e. The second kappa shape index (κ2) is 5.63. The SMILES string of the molecule is CC(=O)SC1CC(=O)N(c2c(F)c(F)c(F)c(F)c2F)C1. The lowest BCUT2D eigenvalue weighted by molar-refractivity contribution is -0.117. The number of halogens is 5. The zero-order chi connectivity index (χ0) is 15.9. The standard InChI is InChI=1S/C12H8F5NO2S/c1-4(19)21-5-2-6(20)18(3-5)12-10(16)8(14)7(13)9(15)11(12)17/h5H,2-3H2,1H3. The average molecular weight is 325 g/mol. The van der Waals surface area contributed by atoms with Crippen molar-refractivity contribution in [1.82, 2.24) is 0 Å². The minimum absolute atomic E-state index is 0.219. The van der Waals surface area contributed by atoms with Crippen LogP contribution in [0.2, 0.25) is 0 Å². The lowest BCUT2D eigenvalue weighted by Gasteiger charge is -2.18. The van der Waals surface area contributed by atoms with Crippen molar-refractivity contribution in [3.63, 3.8) is 0 Å². The van der Waals surface area contributed by atoms with Crippen LogP contribution in [-0.2, 0) is 9.59 Å². The van der Waals surface area contributed by atoms with E-state index in [9.17, 15) is 31.5 Å². The molecule has 0 saturated carbocycles. The maximum atomic E-state index is 13.6. The highest BCUT2D eigenvalue weighted by atomic mass is 32.2. The first-order valence-electron chi connectivity index (χ1n) is 5.73. The third-order valence-corrected chi connectivity index (χ3v) is 3.86. The lowest BCUT2D eigenvalue weighted by Crippen LogP contribution is -2.28. The number of carbonyl (C=O) groups is 2. The number of carbonyl (C=O) groups excluding carboxylic acids is 2. The van der Waals surface area contributed by atoms with Gasteiger partial charge in [0.15, 0.2) is 28.4 Å². The number of rotatable bonds is 2. The predicted octanol–water partition coefficient (Wildman–Crippen LogP) is 2.77. The number of amides is 1. The van der Waals surface area contributed by atoms with Crippen molar-refractivity contribution in [2.24, 2.45) is 0 Å². The summed E-state index contributed by atoms with van der Waals surface area (Å²) in [6.45, 7) is 0.942. The molecule has 0 spiro atoms. The molecule has 1 amide bonds. The molecule has 1 aliphatic heterocycles. The summed E-state index contributed by atoms with van der Waals surface area (Å²) >= 11 is 0.780. The van der Waals surface area contributed by atoms with Gasteiger partial charge in [0, 0.05) is 25.1 Å². The van der Waals surface area contributed by atoms with E-state index in [1.165, 1.54) is 6.92 Å². The largest absolute Gasteiger partial charge is 0.306 e. The van der Waals surface area contributed by atoms with Gasteiger partial charge in [-0.1, -0.05) is 11.8 Å². The Bertz CT molecular complexity index is 608. The van der Waals surface area contributed by atoms with Crippen molar-refractivity contribution in [3.05, 3.63) is 29.1 Å². The minimum atomic E-state index is -2.28. The quantitative estimate of drug-likeness (QED) is 0.477. The Balaban J connectivity index is 2.44. The fraction of sp³-hybridized carbons (Fsp3) is 0.333. The summed E-state index contributed by atoms with van der Waals surface area (Å²) in [5, 5.41) is -0.906. The highest BCUT2D eigenvalue weighted by molar-refractivity contribution is 8.14. The first kappa shape index (κ1) is 15.7. The summed E-state index contributed by atoms with van der Waals surface area (Å²) in [5.41, 5.74) is -1.27. The molecule has 0 aromatic heterocycles. The Morgan fingerprint density at radius 3 is 2.00 bits per heavy atom. The van der Waals surface area contributed by atoms with E-state index in [0.717, 1.165) is 11.8 Å². The average Bonchev–Trinajstić information content (AvgIpc) is 2.74. The van der Waals surface area contributed by atoms with Crippen LogP contribution in [0.25, 0.3) is 0 Å². The Labute approximate surface area is 120 Å². The first-order valence-corrected chi connectivity index (χ1v) is 6.61. The molecule has 9 heteroatoms. The molecule has 1 aromatic carbocycles. The Kier molecular flexibility index (Phi) is 4.22. The van der Waals surface area contributed by atoms with Crippen LogP contribution >= 0.6 is 11.8 Å². The van der Waals surface area contributed by atoms with Crippen molar-refractivity contribution in [2.45, 2.75) is 18.6 Å². The highest BCUT2D eigenvalue weighted by Gasteiger charge is 2.38. The molecule has 1 fully saturated rings. The van der Waals surface area contributed by atoms with Gasteiger partial charge in [-0.05, 0) is 0 Å². The van der Waals surface area contributed by atoms with E-state index in [2.05, 4.69) is 0 Å². The van der Waals surface area contributed by atoms with Crippen molar-refractivity contribution < 1.29 is 31.5 Å². The van der Waals surface area contributed by atoms with Crippen LogP contribution in [0.1, 0.15) is 13.3 Å².